The van der Waals surface area contributed by atoms with Gasteiger partial charge < -0.3 is 4.74 Å². The SMILES string of the molecule is C[C@@H](OCc1cc(F)cc(-c2ccnn2-c2ccccc2)c1)C(F)(F)F. The van der Waals surface area contributed by atoms with Crippen LogP contribution in [0.25, 0.3) is 16.9 Å². The van der Waals surface area contributed by atoms with Crippen LogP contribution in [0.5, 0.6) is 0 Å². The van der Waals surface area contributed by atoms with Gasteiger partial charge in [-0.2, -0.15) is 18.3 Å². The lowest BCUT2D eigenvalue weighted by Gasteiger charge is -2.16. The summed E-state index contributed by atoms with van der Waals surface area (Å²) < 4.78 is 58.2. The fourth-order valence-electron chi connectivity index (χ4n) is 2.49. The van der Waals surface area contributed by atoms with Crippen molar-refractivity contribution in [1.29, 1.82) is 0 Å². The topological polar surface area (TPSA) is 27.1 Å². The van der Waals surface area contributed by atoms with Crippen LogP contribution < -0.4 is 0 Å². The highest BCUT2D eigenvalue weighted by molar-refractivity contribution is 5.62. The van der Waals surface area contributed by atoms with E-state index in [0.717, 1.165) is 18.7 Å². The van der Waals surface area contributed by atoms with Crippen molar-refractivity contribution in [1.82, 2.24) is 9.78 Å². The molecule has 0 aliphatic rings. The third-order valence-corrected chi connectivity index (χ3v) is 3.86. The summed E-state index contributed by atoms with van der Waals surface area (Å²) in [5.41, 5.74) is 2.24. The van der Waals surface area contributed by atoms with E-state index in [1.807, 2.05) is 30.3 Å². The molecule has 136 valence electrons. The van der Waals surface area contributed by atoms with Crippen LogP contribution in [-0.2, 0) is 11.3 Å². The van der Waals surface area contributed by atoms with E-state index in [4.69, 9.17) is 4.74 Å². The predicted octanol–water partition coefficient (Wildman–Crippen LogP) is 5.15. The molecular formula is C19H16F4N2O. The number of nitrogens with zero attached hydrogens (tertiary/aromatic N) is 2. The van der Waals surface area contributed by atoms with Crippen LogP contribution in [0.15, 0.2) is 60.8 Å². The van der Waals surface area contributed by atoms with Crippen LogP contribution in [0.2, 0.25) is 0 Å². The Morgan fingerprint density at radius 2 is 1.81 bits per heavy atom. The summed E-state index contributed by atoms with van der Waals surface area (Å²) in [5, 5.41) is 4.24. The molecule has 0 aliphatic carbocycles. The lowest BCUT2D eigenvalue weighted by Crippen LogP contribution is -2.28. The first-order valence-electron chi connectivity index (χ1n) is 7.92. The minimum Gasteiger partial charge on any atom is -0.364 e. The summed E-state index contributed by atoms with van der Waals surface area (Å²) in [5.74, 6) is -0.554. The van der Waals surface area contributed by atoms with Gasteiger partial charge in [0.05, 0.1) is 24.2 Å². The van der Waals surface area contributed by atoms with Gasteiger partial charge in [0, 0.05) is 5.56 Å². The van der Waals surface area contributed by atoms with Crippen LogP contribution >= 0.6 is 0 Å². The van der Waals surface area contributed by atoms with E-state index >= 15 is 0 Å². The van der Waals surface area contributed by atoms with E-state index in [9.17, 15) is 17.6 Å². The molecule has 0 saturated carbocycles. The van der Waals surface area contributed by atoms with Crippen LogP contribution in [0.1, 0.15) is 12.5 Å². The Morgan fingerprint density at radius 3 is 2.50 bits per heavy atom. The van der Waals surface area contributed by atoms with E-state index in [1.165, 1.54) is 6.07 Å². The molecule has 1 heterocycles. The molecule has 0 saturated heterocycles. The summed E-state index contributed by atoms with van der Waals surface area (Å²) >= 11 is 0. The van der Waals surface area contributed by atoms with E-state index < -0.39 is 18.1 Å². The number of aromatic nitrogens is 2. The first kappa shape index (κ1) is 18.1. The zero-order valence-electron chi connectivity index (χ0n) is 13.9. The second-order valence-corrected chi connectivity index (χ2v) is 5.81. The fourth-order valence-corrected chi connectivity index (χ4v) is 2.49. The first-order valence-corrected chi connectivity index (χ1v) is 7.92. The number of rotatable bonds is 5. The molecular weight excluding hydrogens is 348 g/mol. The van der Waals surface area contributed by atoms with Gasteiger partial charge in [-0.05, 0) is 48.9 Å². The molecule has 2 aromatic carbocycles. The second-order valence-electron chi connectivity index (χ2n) is 5.81. The molecule has 0 spiro atoms. The Labute approximate surface area is 147 Å². The third-order valence-electron chi connectivity index (χ3n) is 3.86. The van der Waals surface area contributed by atoms with Gasteiger partial charge in [-0.25, -0.2) is 9.07 Å². The average Bonchev–Trinajstić information content (AvgIpc) is 3.09. The fraction of sp³-hybridized carbons (Fsp3) is 0.211. The lowest BCUT2D eigenvalue weighted by molar-refractivity contribution is -0.217. The molecule has 1 aromatic heterocycles. The normalized spacial score (nSPS) is 13.0. The maximum atomic E-state index is 14.0. The average molecular weight is 364 g/mol. The molecule has 0 radical (unpaired) electrons. The quantitative estimate of drug-likeness (QED) is 0.586. The number of hydrogen-bond donors (Lipinski definition) is 0. The summed E-state index contributed by atoms with van der Waals surface area (Å²) in [6.07, 6.45) is -4.80. The van der Waals surface area contributed by atoms with Gasteiger partial charge in [-0.1, -0.05) is 18.2 Å². The molecule has 26 heavy (non-hydrogen) atoms. The maximum Gasteiger partial charge on any atom is 0.414 e. The molecule has 7 heteroatoms. The van der Waals surface area contributed by atoms with Gasteiger partial charge in [0.25, 0.3) is 0 Å². The van der Waals surface area contributed by atoms with Gasteiger partial charge in [0.15, 0.2) is 6.10 Å². The number of ether oxygens (including phenoxy) is 1. The zero-order valence-corrected chi connectivity index (χ0v) is 13.9. The van der Waals surface area contributed by atoms with Crippen molar-refractivity contribution < 1.29 is 22.3 Å². The minimum atomic E-state index is -4.46. The van der Waals surface area contributed by atoms with Crippen molar-refractivity contribution in [2.75, 3.05) is 0 Å². The Hall–Kier alpha value is -2.67. The summed E-state index contributed by atoms with van der Waals surface area (Å²) in [4.78, 5) is 0. The monoisotopic (exact) mass is 364 g/mol. The molecule has 0 amide bonds. The van der Waals surface area contributed by atoms with E-state index in [2.05, 4.69) is 5.10 Å². The van der Waals surface area contributed by atoms with Crippen molar-refractivity contribution in [3.05, 3.63) is 72.2 Å². The predicted molar refractivity (Wildman–Crippen MR) is 89.3 cm³/mol. The highest BCUT2D eigenvalue weighted by Crippen LogP contribution is 2.27. The molecule has 0 bridgehead atoms. The Bertz CT molecular complexity index is 875. The van der Waals surface area contributed by atoms with Crippen molar-refractivity contribution in [2.45, 2.75) is 25.8 Å². The number of hydrogen-bond acceptors (Lipinski definition) is 2. The Kier molecular flexibility index (Phi) is 5.08. The molecule has 3 nitrogen and oxygen atoms in total. The summed E-state index contributed by atoms with van der Waals surface area (Å²) in [7, 11) is 0. The maximum absolute atomic E-state index is 14.0. The van der Waals surface area contributed by atoms with Gasteiger partial charge >= 0.3 is 6.18 Å². The van der Waals surface area contributed by atoms with Crippen molar-refractivity contribution in [2.24, 2.45) is 0 Å². The van der Waals surface area contributed by atoms with Crippen molar-refractivity contribution >= 4 is 0 Å². The smallest absolute Gasteiger partial charge is 0.364 e. The van der Waals surface area contributed by atoms with E-state index in [1.54, 1.807) is 23.0 Å². The van der Waals surface area contributed by atoms with Gasteiger partial charge in [-0.3, -0.25) is 0 Å². The molecule has 0 fully saturated rings. The van der Waals surface area contributed by atoms with Crippen molar-refractivity contribution in [3.8, 4) is 16.9 Å². The Morgan fingerprint density at radius 1 is 1.08 bits per heavy atom. The van der Waals surface area contributed by atoms with E-state index in [-0.39, 0.29) is 6.61 Å². The largest absolute Gasteiger partial charge is 0.414 e. The molecule has 3 rings (SSSR count). The molecule has 0 N–H and O–H groups in total. The minimum absolute atomic E-state index is 0.317. The standard InChI is InChI=1S/C19H16F4N2O/c1-13(19(21,22)23)26-12-14-9-15(11-16(20)10-14)18-7-8-24-25(18)17-5-3-2-4-6-17/h2-11,13H,12H2,1H3/t13-/m1/s1. The molecule has 0 aliphatic heterocycles. The first-order chi connectivity index (χ1) is 12.3. The highest BCUT2D eigenvalue weighted by Gasteiger charge is 2.36. The van der Waals surface area contributed by atoms with E-state index in [0.29, 0.717) is 16.8 Å². The van der Waals surface area contributed by atoms with Gasteiger partial charge in [0.2, 0.25) is 0 Å². The summed E-state index contributed by atoms with van der Waals surface area (Å²) in [6.45, 7) is 0.579. The van der Waals surface area contributed by atoms with Crippen LogP contribution in [0.4, 0.5) is 17.6 Å². The number of benzene rings is 2. The zero-order chi connectivity index (χ0) is 18.7. The van der Waals surface area contributed by atoms with Gasteiger partial charge in [0.1, 0.15) is 5.82 Å². The second kappa shape index (κ2) is 7.29. The Balaban J connectivity index is 1.89. The number of alkyl halides is 3. The number of halogens is 4. The molecule has 3 aromatic rings. The highest BCUT2D eigenvalue weighted by atomic mass is 19.4. The number of para-hydroxylation sites is 1. The van der Waals surface area contributed by atoms with Gasteiger partial charge in [-0.15, -0.1) is 0 Å². The van der Waals surface area contributed by atoms with Crippen LogP contribution in [-0.4, -0.2) is 22.1 Å². The third kappa shape index (κ3) is 4.11. The van der Waals surface area contributed by atoms with Crippen molar-refractivity contribution in [3.63, 3.8) is 0 Å². The lowest BCUT2D eigenvalue weighted by atomic mass is 10.1. The molecule has 0 unspecified atom stereocenters. The van der Waals surface area contributed by atoms with Crippen LogP contribution in [0, 0.1) is 5.82 Å². The van der Waals surface area contributed by atoms with Crippen LogP contribution in [0.3, 0.4) is 0 Å². The molecule has 1 atom stereocenters. The summed E-state index contributed by atoms with van der Waals surface area (Å²) in [6, 6.07) is 15.1.